The van der Waals surface area contributed by atoms with E-state index in [-0.39, 0.29) is 5.91 Å². The molecule has 0 radical (unpaired) electrons. The number of nitrogens with one attached hydrogen (secondary N) is 2. The number of thiophene rings is 1. The van der Waals surface area contributed by atoms with Crippen molar-refractivity contribution in [3.05, 3.63) is 27.4 Å². The lowest BCUT2D eigenvalue weighted by Crippen LogP contribution is -2.15. The zero-order valence-corrected chi connectivity index (χ0v) is 10.9. The van der Waals surface area contributed by atoms with Crippen LogP contribution < -0.4 is 10.6 Å². The summed E-state index contributed by atoms with van der Waals surface area (Å²) in [4.78, 5) is 12.0. The summed E-state index contributed by atoms with van der Waals surface area (Å²) >= 11 is 4.90. The van der Waals surface area contributed by atoms with E-state index in [0.717, 1.165) is 28.1 Å². The molecule has 3 nitrogen and oxygen atoms in total. The van der Waals surface area contributed by atoms with Crippen LogP contribution in [0.25, 0.3) is 0 Å². The molecule has 1 rings (SSSR count). The molecule has 0 atom stereocenters. The molecular weight excluding hydrogens is 276 g/mol. The van der Waals surface area contributed by atoms with E-state index in [9.17, 15) is 4.79 Å². The molecule has 0 aliphatic carbocycles. The van der Waals surface area contributed by atoms with Crippen molar-refractivity contribution in [3.63, 3.8) is 0 Å². The Morgan fingerprint density at radius 3 is 3.00 bits per heavy atom. The Morgan fingerprint density at radius 1 is 1.67 bits per heavy atom. The highest BCUT2D eigenvalue weighted by atomic mass is 79.9. The molecule has 0 saturated heterocycles. The normalized spacial score (nSPS) is 10.0. The van der Waals surface area contributed by atoms with E-state index in [0.29, 0.717) is 0 Å². The molecule has 0 spiro atoms. The quantitative estimate of drug-likeness (QED) is 0.875. The van der Waals surface area contributed by atoms with Crippen molar-refractivity contribution in [2.75, 3.05) is 11.9 Å². The van der Waals surface area contributed by atoms with Gasteiger partial charge in [-0.05, 0) is 11.4 Å². The molecule has 1 aromatic rings. The van der Waals surface area contributed by atoms with Gasteiger partial charge in [-0.3, -0.25) is 4.79 Å². The molecule has 0 aliphatic rings. The SMILES string of the molecule is C=C(Br)CNCc1sccc1NC(C)=O. The summed E-state index contributed by atoms with van der Waals surface area (Å²) in [6.07, 6.45) is 0. The van der Waals surface area contributed by atoms with E-state index in [4.69, 9.17) is 0 Å². The smallest absolute Gasteiger partial charge is 0.221 e. The molecule has 82 valence electrons. The van der Waals surface area contributed by atoms with Crippen LogP contribution in [0.5, 0.6) is 0 Å². The largest absolute Gasteiger partial charge is 0.325 e. The fraction of sp³-hybridized carbons (Fsp3) is 0.300. The van der Waals surface area contributed by atoms with E-state index in [1.165, 1.54) is 6.92 Å². The van der Waals surface area contributed by atoms with Gasteiger partial charge in [0.25, 0.3) is 0 Å². The molecule has 1 heterocycles. The second kappa shape index (κ2) is 6.05. The standard InChI is InChI=1S/C10H13BrN2OS/c1-7(11)5-12-6-10-9(3-4-15-10)13-8(2)14/h3-4,12H,1,5-6H2,2H3,(H,13,14). The second-order valence-electron chi connectivity index (χ2n) is 3.06. The van der Waals surface area contributed by atoms with Gasteiger partial charge in [0.1, 0.15) is 0 Å². The minimum atomic E-state index is -0.0421. The van der Waals surface area contributed by atoms with Gasteiger partial charge in [0.15, 0.2) is 0 Å². The van der Waals surface area contributed by atoms with Crippen LogP contribution in [0.2, 0.25) is 0 Å². The predicted octanol–water partition coefficient (Wildman–Crippen LogP) is 2.70. The van der Waals surface area contributed by atoms with Crippen LogP contribution in [0.15, 0.2) is 22.5 Å². The third-order valence-corrected chi connectivity index (χ3v) is 2.86. The fourth-order valence-corrected chi connectivity index (χ4v) is 2.09. The molecule has 1 aromatic heterocycles. The fourth-order valence-electron chi connectivity index (χ4n) is 1.09. The lowest BCUT2D eigenvalue weighted by molar-refractivity contribution is -0.114. The Morgan fingerprint density at radius 2 is 2.40 bits per heavy atom. The Bertz CT molecular complexity index is 362. The number of anilines is 1. The van der Waals surface area contributed by atoms with Gasteiger partial charge in [-0.2, -0.15) is 0 Å². The molecule has 0 unspecified atom stereocenters. The number of carbonyl (C=O) groups is 1. The molecule has 5 heteroatoms. The zero-order chi connectivity index (χ0) is 11.3. The van der Waals surface area contributed by atoms with Crippen molar-refractivity contribution in [3.8, 4) is 0 Å². The Balaban J connectivity index is 2.49. The Labute approximate surface area is 102 Å². The van der Waals surface area contributed by atoms with Crippen molar-refractivity contribution in [2.45, 2.75) is 13.5 Å². The maximum Gasteiger partial charge on any atom is 0.221 e. The summed E-state index contributed by atoms with van der Waals surface area (Å²) in [5, 5.41) is 7.97. The topological polar surface area (TPSA) is 41.1 Å². The first-order chi connectivity index (χ1) is 7.09. The number of amides is 1. The van der Waals surface area contributed by atoms with E-state index >= 15 is 0 Å². The number of hydrogen-bond acceptors (Lipinski definition) is 3. The average Bonchev–Trinajstić information content (AvgIpc) is 2.51. The van der Waals surface area contributed by atoms with Crippen molar-refractivity contribution < 1.29 is 4.79 Å². The molecule has 0 aliphatic heterocycles. The van der Waals surface area contributed by atoms with Gasteiger partial charge >= 0.3 is 0 Å². The van der Waals surface area contributed by atoms with Gasteiger partial charge in [0.2, 0.25) is 5.91 Å². The van der Waals surface area contributed by atoms with E-state index in [1.807, 2.05) is 11.4 Å². The highest BCUT2D eigenvalue weighted by Crippen LogP contribution is 2.21. The van der Waals surface area contributed by atoms with Crippen LogP contribution >= 0.6 is 27.3 Å². The third-order valence-electron chi connectivity index (χ3n) is 1.66. The first-order valence-electron chi connectivity index (χ1n) is 4.47. The highest BCUT2D eigenvalue weighted by molar-refractivity contribution is 9.11. The van der Waals surface area contributed by atoms with Gasteiger partial charge in [0.05, 0.1) is 5.69 Å². The number of hydrogen-bond donors (Lipinski definition) is 2. The van der Waals surface area contributed by atoms with Crippen LogP contribution in [-0.4, -0.2) is 12.5 Å². The first-order valence-corrected chi connectivity index (χ1v) is 6.15. The van der Waals surface area contributed by atoms with E-state index < -0.39 is 0 Å². The van der Waals surface area contributed by atoms with Crippen LogP contribution in [0.1, 0.15) is 11.8 Å². The second-order valence-corrected chi connectivity index (χ2v) is 5.18. The van der Waals surface area contributed by atoms with Crippen molar-refractivity contribution >= 4 is 38.9 Å². The summed E-state index contributed by atoms with van der Waals surface area (Å²) in [7, 11) is 0. The van der Waals surface area contributed by atoms with Crippen molar-refractivity contribution in [2.24, 2.45) is 0 Å². The average molecular weight is 289 g/mol. The molecule has 0 aromatic carbocycles. The summed E-state index contributed by atoms with van der Waals surface area (Å²) < 4.78 is 0.917. The van der Waals surface area contributed by atoms with Gasteiger partial charge < -0.3 is 10.6 Å². The predicted molar refractivity (Wildman–Crippen MR) is 68.4 cm³/mol. The van der Waals surface area contributed by atoms with Crippen LogP contribution in [0, 0.1) is 0 Å². The van der Waals surface area contributed by atoms with Crippen LogP contribution in [0.4, 0.5) is 5.69 Å². The Kier molecular flexibility index (Phi) is 5.01. The summed E-state index contributed by atoms with van der Waals surface area (Å²) in [5.41, 5.74) is 0.889. The summed E-state index contributed by atoms with van der Waals surface area (Å²) in [5.74, 6) is -0.0421. The highest BCUT2D eigenvalue weighted by Gasteiger charge is 2.04. The number of rotatable bonds is 5. The number of halogens is 1. The third kappa shape index (κ3) is 4.59. The molecule has 0 bridgehead atoms. The van der Waals surface area contributed by atoms with E-state index in [1.54, 1.807) is 11.3 Å². The first kappa shape index (κ1) is 12.4. The number of carbonyl (C=O) groups excluding carboxylic acids is 1. The van der Waals surface area contributed by atoms with Crippen LogP contribution in [0.3, 0.4) is 0 Å². The van der Waals surface area contributed by atoms with Gasteiger partial charge in [0, 0.05) is 29.4 Å². The molecule has 0 saturated carbocycles. The minimum absolute atomic E-state index is 0.0421. The maximum atomic E-state index is 10.9. The minimum Gasteiger partial charge on any atom is -0.325 e. The molecule has 1 amide bonds. The summed E-state index contributed by atoms with van der Waals surface area (Å²) in [6, 6.07) is 1.91. The van der Waals surface area contributed by atoms with Crippen LogP contribution in [-0.2, 0) is 11.3 Å². The lowest BCUT2D eigenvalue weighted by atomic mass is 10.3. The molecule has 2 N–H and O–H groups in total. The van der Waals surface area contributed by atoms with E-state index in [2.05, 4.69) is 33.1 Å². The van der Waals surface area contributed by atoms with Gasteiger partial charge in [-0.15, -0.1) is 11.3 Å². The zero-order valence-electron chi connectivity index (χ0n) is 8.47. The van der Waals surface area contributed by atoms with Gasteiger partial charge in [-0.25, -0.2) is 0 Å². The lowest BCUT2D eigenvalue weighted by Gasteiger charge is -2.05. The Hall–Kier alpha value is -0.650. The van der Waals surface area contributed by atoms with Gasteiger partial charge in [-0.1, -0.05) is 22.5 Å². The summed E-state index contributed by atoms with van der Waals surface area (Å²) in [6.45, 7) is 6.70. The monoisotopic (exact) mass is 288 g/mol. The van der Waals surface area contributed by atoms with Crippen molar-refractivity contribution in [1.29, 1.82) is 0 Å². The van der Waals surface area contributed by atoms with Crippen molar-refractivity contribution in [1.82, 2.24) is 5.32 Å². The maximum absolute atomic E-state index is 10.9. The molecule has 15 heavy (non-hydrogen) atoms. The molecular formula is C10H13BrN2OS. The molecule has 0 fully saturated rings.